The van der Waals surface area contributed by atoms with Gasteiger partial charge in [0.15, 0.2) is 0 Å². The molecule has 1 heterocycles. The summed E-state index contributed by atoms with van der Waals surface area (Å²) in [4.78, 5) is 15.9. The summed E-state index contributed by atoms with van der Waals surface area (Å²) in [5.41, 5.74) is 6.90. The van der Waals surface area contributed by atoms with Crippen molar-refractivity contribution in [3.05, 3.63) is 28.9 Å². The summed E-state index contributed by atoms with van der Waals surface area (Å²) in [6, 6.07) is 1.62. The zero-order valence-corrected chi connectivity index (χ0v) is 11.9. The number of hydrogen-bond acceptors (Lipinski definition) is 3. The molecular formula is C16H23N3O. The maximum Gasteiger partial charge on any atom is 0.253 e. The Bertz CT molecular complexity index is 530. The molecule has 0 saturated heterocycles. The van der Waals surface area contributed by atoms with Crippen molar-refractivity contribution in [3.8, 4) is 0 Å². The second kappa shape index (κ2) is 4.42. The Balaban J connectivity index is 1.58. The van der Waals surface area contributed by atoms with Gasteiger partial charge in [-0.05, 0) is 61.7 Å². The van der Waals surface area contributed by atoms with Gasteiger partial charge in [-0.3, -0.25) is 9.36 Å². The van der Waals surface area contributed by atoms with E-state index in [2.05, 4.69) is 4.98 Å². The molecule has 4 aliphatic carbocycles. The minimum absolute atomic E-state index is 0.0141. The van der Waals surface area contributed by atoms with Gasteiger partial charge in [0.25, 0.3) is 5.56 Å². The molecule has 1 atom stereocenters. The zero-order chi connectivity index (χ0) is 13.7. The molecule has 0 amide bonds. The SMILES string of the molecule is NC(Cn1cnccc1=O)C12CC3CC(CC(C3)C1)C2. The van der Waals surface area contributed by atoms with Crippen molar-refractivity contribution in [2.75, 3.05) is 0 Å². The first-order valence-corrected chi connectivity index (χ1v) is 7.91. The van der Waals surface area contributed by atoms with Crippen LogP contribution < -0.4 is 11.3 Å². The summed E-state index contributed by atoms with van der Waals surface area (Å²) in [6.07, 6.45) is 11.3. The molecule has 4 heteroatoms. The maximum atomic E-state index is 11.8. The number of nitrogens with two attached hydrogens (primary N) is 1. The highest BCUT2D eigenvalue weighted by Crippen LogP contribution is 2.61. The van der Waals surface area contributed by atoms with Gasteiger partial charge >= 0.3 is 0 Å². The Hall–Kier alpha value is -1.16. The fourth-order valence-corrected chi connectivity index (χ4v) is 5.55. The Labute approximate surface area is 119 Å². The van der Waals surface area contributed by atoms with Crippen molar-refractivity contribution < 1.29 is 0 Å². The van der Waals surface area contributed by atoms with E-state index >= 15 is 0 Å². The van der Waals surface area contributed by atoms with Gasteiger partial charge in [-0.2, -0.15) is 0 Å². The zero-order valence-electron chi connectivity index (χ0n) is 11.9. The number of nitrogens with zero attached hydrogens (tertiary/aromatic N) is 2. The molecule has 0 aliphatic heterocycles. The average molecular weight is 273 g/mol. The standard InChI is InChI=1S/C16H23N3O/c17-14(9-19-10-18-2-1-15(19)20)16-6-11-3-12(7-16)5-13(4-11)8-16/h1-2,10-14H,3-9,17H2. The van der Waals surface area contributed by atoms with Crippen molar-refractivity contribution in [3.63, 3.8) is 0 Å². The Morgan fingerprint density at radius 3 is 2.40 bits per heavy atom. The van der Waals surface area contributed by atoms with Gasteiger partial charge in [-0.25, -0.2) is 4.98 Å². The molecule has 0 spiro atoms. The van der Waals surface area contributed by atoms with Crippen molar-refractivity contribution in [2.24, 2.45) is 28.9 Å². The van der Waals surface area contributed by atoms with E-state index in [1.165, 1.54) is 44.6 Å². The van der Waals surface area contributed by atoms with E-state index < -0.39 is 0 Å². The fraction of sp³-hybridized carbons (Fsp3) is 0.750. The van der Waals surface area contributed by atoms with Gasteiger partial charge in [-0.15, -0.1) is 0 Å². The summed E-state index contributed by atoms with van der Waals surface area (Å²) in [5.74, 6) is 2.70. The molecule has 5 rings (SSSR count). The van der Waals surface area contributed by atoms with Gasteiger partial charge < -0.3 is 5.73 Å². The lowest BCUT2D eigenvalue weighted by Crippen LogP contribution is -2.56. The van der Waals surface area contributed by atoms with Crippen molar-refractivity contribution in [1.29, 1.82) is 0 Å². The first-order chi connectivity index (χ1) is 9.64. The van der Waals surface area contributed by atoms with Gasteiger partial charge in [0, 0.05) is 24.8 Å². The minimum Gasteiger partial charge on any atom is -0.326 e. The van der Waals surface area contributed by atoms with Gasteiger partial charge in [0.05, 0.1) is 6.33 Å². The Morgan fingerprint density at radius 2 is 1.85 bits per heavy atom. The van der Waals surface area contributed by atoms with Crippen LogP contribution >= 0.6 is 0 Å². The molecular weight excluding hydrogens is 250 g/mol. The molecule has 0 aromatic carbocycles. The van der Waals surface area contributed by atoms with E-state index in [4.69, 9.17) is 5.73 Å². The van der Waals surface area contributed by atoms with E-state index in [0.29, 0.717) is 12.0 Å². The third kappa shape index (κ3) is 1.93. The molecule has 108 valence electrons. The first kappa shape index (κ1) is 12.6. The molecule has 20 heavy (non-hydrogen) atoms. The molecule has 1 aromatic heterocycles. The van der Waals surface area contributed by atoms with Crippen LogP contribution in [0, 0.1) is 23.2 Å². The van der Waals surface area contributed by atoms with E-state index in [9.17, 15) is 4.79 Å². The molecule has 4 fully saturated rings. The lowest BCUT2D eigenvalue weighted by atomic mass is 9.48. The normalized spacial score (nSPS) is 40.0. The van der Waals surface area contributed by atoms with Gasteiger partial charge in [-0.1, -0.05) is 0 Å². The highest BCUT2D eigenvalue weighted by Gasteiger charge is 2.53. The topological polar surface area (TPSA) is 60.9 Å². The summed E-state index contributed by atoms with van der Waals surface area (Å²) in [6.45, 7) is 0.624. The van der Waals surface area contributed by atoms with Crippen LogP contribution in [0.5, 0.6) is 0 Å². The maximum absolute atomic E-state index is 11.8. The van der Waals surface area contributed by atoms with Crippen molar-refractivity contribution in [2.45, 2.75) is 51.1 Å². The number of hydrogen-bond donors (Lipinski definition) is 1. The average Bonchev–Trinajstić information content (AvgIpc) is 2.40. The molecule has 4 bridgehead atoms. The largest absolute Gasteiger partial charge is 0.326 e. The Kier molecular flexibility index (Phi) is 2.78. The quantitative estimate of drug-likeness (QED) is 0.913. The van der Waals surface area contributed by atoms with Crippen LogP contribution in [-0.4, -0.2) is 15.6 Å². The fourth-order valence-electron chi connectivity index (χ4n) is 5.55. The predicted molar refractivity (Wildman–Crippen MR) is 77.1 cm³/mol. The van der Waals surface area contributed by atoms with E-state index in [-0.39, 0.29) is 11.6 Å². The minimum atomic E-state index is 0.0141. The summed E-state index contributed by atoms with van der Waals surface area (Å²) >= 11 is 0. The summed E-state index contributed by atoms with van der Waals surface area (Å²) < 4.78 is 1.68. The van der Waals surface area contributed by atoms with Crippen LogP contribution in [-0.2, 0) is 6.54 Å². The second-order valence-electron chi connectivity index (χ2n) is 7.46. The van der Waals surface area contributed by atoms with Crippen molar-refractivity contribution in [1.82, 2.24) is 9.55 Å². The second-order valence-corrected chi connectivity index (χ2v) is 7.46. The summed E-state index contributed by atoms with van der Waals surface area (Å²) in [7, 11) is 0. The lowest BCUT2D eigenvalue weighted by molar-refractivity contribution is -0.0696. The molecule has 2 N–H and O–H groups in total. The first-order valence-electron chi connectivity index (χ1n) is 7.91. The Morgan fingerprint density at radius 1 is 1.25 bits per heavy atom. The third-order valence-corrected chi connectivity index (χ3v) is 6.06. The molecule has 1 aromatic rings. The lowest BCUT2D eigenvalue weighted by Gasteiger charge is -2.59. The summed E-state index contributed by atoms with van der Waals surface area (Å²) in [5, 5.41) is 0. The molecule has 0 radical (unpaired) electrons. The monoisotopic (exact) mass is 273 g/mol. The smallest absolute Gasteiger partial charge is 0.253 e. The number of aromatic nitrogens is 2. The van der Waals surface area contributed by atoms with E-state index in [1.807, 2.05) is 0 Å². The predicted octanol–water partition coefficient (Wildman–Crippen LogP) is 1.79. The molecule has 4 saturated carbocycles. The van der Waals surface area contributed by atoms with Gasteiger partial charge in [0.1, 0.15) is 0 Å². The highest BCUT2D eigenvalue weighted by atomic mass is 16.1. The van der Waals surface area contributed by atoms with Gasteiger partial charge in [0.2, 0.25) is 0 Å². The van der Waals surface area contributed by atoms with Crippen molar-refractivity contribution >= 4 is 0 Å². The van der Waals surface area contributed by atoms with Crippen LogP contribution in [0.4, 0.5) is 0 Å². The van der Waals surface area contributed by atoms with Crippen LogP contribution in [0.2, 0.25) is 0 Å². The highest BCUT2D eigenvalue weighted by molar-refractivity contribution is 5.05. The molecule has 4 aliphatic rings. The van der Waals surface area contributed by atoms with E-state index in [1.54, 1.807) is 17.1 Å². The van der Waals surface area contributed by atoms with Crippen LogP contribution in [0.25, 0.3) is 0 Å². The molecule has 4 nitrogen and oxygen atoms in total. The molecule has 1 unspecified atom stereocenters. The van der Waals surface area contributed by atoms with Crippen LogP contribution in [0.3, 0.4) is 0 Å². The number of rotatable bonds is 3. The van der Waals surface area contributed by atoms with E-state index in [0.717, 1.165) is 17.8 Å². The van der Waals surface area contributed by atoms with Crippen LogP contribution in [0.15, 0.2) is 23.4 Å². The third-order valence-electron chi connectivity index (χ3n) is 6.06. The van der Waals surface area contributed by atoms with Crippen LogP contribution in [0.1, 0.15) is 38.5 Å².